The molecule has 0 fully saturated rings. The molecule has 0 saturated heterocycles. The van der Waals surface area contributed by atoms with Crippen LogP contribution in [-0.2, 0) is 42.2 Å². The van der Waals surface area contributed by atoms with Gasteiger partial charge in [-0.05, 0) is 89.9 Å². The van der Waals surface area contributed by atoms with Crippen molar-refractivity contribution in [3.63, 3.8) is 0 Å². The Balaban J connectivity index is 4.73. The maximum absolute atomic E-state index is 12.9. The van der Waals surface area contributed by atoms with E-state index in [1.165, 1.54) is 122 Å². The third-order valence-electron chi connectivity index (χ3n) is 13.1. The van der Waals surface area contributed by atoms with Gasteiger partial charge in [0.25, 0.3) is 0 Å². The molecule has 0 radical (unpaired) electrons. The van der Waals surface area contributed by atoms with Crippen LogP contribution in [0.5, 0.6) is 0 Å². The molecule has 0 aliphatic carbocycles. The fraction of sp³-hybridized carbons (Fsp3) is 0.766. The molecule has 0 aromatic heterocycles. The Labute approximate surface area is 465 Å². The molecular weight excluding hydrogens is 976 g/mol. The molecule has 2 N–H and O–H groups in total. The van der Waals surface area contributed by atoms with E-state index >= 15 is 0 Å². The zero-order valence-electron chi connectivity index (χ0n) is 48.7. The summed E-state index contributed by atoms with van der Waals surface area (Å²) in [4.78, 5) is 48.6. The lowest BCUT2D eigenvalue weighted by Crippen LogP contribution is -2.30. The van der Waals surface area contributed by atoms with E-state index in [2.05, 4.69) is 93.7 Å². The number of hydrogen-bond acceptors (Lipinski definition) is 10. The first kappa shape index (κ1) is 72.9. The second-order valence-electron chi connectivity index (χ2n) is 20.5. The van der Waals surface area contributed by atoms with Crippen LogP contribution < -0.4 is 0 Å². The van der Waals surface area contributed by atoms with Gasteiger partial charge in [0.15, 0.2) is 6.10 Å². The van der Waals surface area contributed by atoms with E-state index in [0.717, 1.165) is 96.3 Å². The van der Waals surface area contributed by atoms with Gasteiger partial charge in [-0.2, -0.15) is 0 Å². The SMILES string of the molecule is CC/C=C\C/C=C\C/C=C\C/C=C\CCCCC(=O)OCC(COP(=O)(O)OCC(CO)OC(=O)CCCCCCCCCCCCCCCCCCC)OC(=O)CCCCCCCCC/C=C\C/C=C\CCCCC. The molecule has 0 amide bonds. The van der Waals surface area contributed by atoms with Crippen LogP contribution in [0.2, 0.25) is 0 Å². The van der Waals surface area contributed by atoms with Crippen LogP contribution in [0.3, 0.4) is 0 Å². The molecule has 0 saturated carbocycles. The Bertz CT molecular complexity index is 1550. The Hall–Kier alpha value is -3.08. The predicted octanol–water partition coefficient (Wildman–Crippen LogP) is 18.5. The van der Waals surface area contributed by atoms with E-state index in [1.807, 2.05) is 0 Å². The quantitative estimate of drug-likeness (QED) is 0.0197. The molecule has 3 unspecified atom stereocenters. The molecular formula is C64H113O11P. The zero-order chi connectivity index (χ0) is 55.5. The molecule has 440 valence electrons. The van der Waals surface area contributed by atoms with E-state index in [-0.39, 0.29) is 25.9 Å². The maximum atomic E-state index is 12.9. The molecule has 0 aromatic rings. The lowest BCUT2D eigenvalue weighted by Gasteiger charge is -2.21. The van der Waals surface area contributed by atoms with Crippen LogP contribution in [0.25, 0.3) is 0 Å². The van der Waals surface area contributed by atoms with E-state index < -0.39 is 57.8 Å². The highest BCUT2D eigenvalue weighted by Gasteiger charge is 2.28. The van der Waals surface area contributed by atoms with Gasteiger partial charge in [-0.1, -0.05) is 241 Å². The minimum absolute atomic E-state index is 0.149. The molecule has 12 heteroatoms. The van der Waals surface area contributed by atoms with E-state index in [9.17, 15) is 28.9 Å². The number of carbonyl (C=O) groups is 3. The van der Waals surface area contributed by atoms with Crippen LogP contribution in [-0.4, -0.2) is 66.5 Å². The van der Waals surface area contributed by atoms with Gasteiger partial charge in [0.05, 0.1) is 19.8 Å². The van der Waals surface area contributed by atoms with Gasteiger partial charge in [0.1, 0.15) is 12.7 Å². The number of hydrogen-bond donors (Lipinski definition) is 2. The van der Waals surface area contributed by atoms with Gasteiger partial charge in [-0.3, -0.25) is 23.4 Å². The van der Waals surface area contributed by atoms with Crippen molar-refractivity contribution >= 4 is 25.7 Å². The highest BCUT2D eigenvalue weighted by molar-refractivity contribution is 7.47. The minimum atomic E-state index is -4.76. The first-order chi connectivity index (χ1) is 37.2. The van der Waals surface area contributed by atoms with E-state index in [0.29, 0.717) is 19.3 Å². The fourth-order valence-electron chi connectivity index (χ4n) is 8.44. The van der Waals surface area contributed by atoms with Crippen molar-refractivity contribution in [1.29, 1.82) is 0 Å². The van der Waals surface area contributed by atoms with Crippen LogP contribution in [0, 0.1) is 0 Å². The number of aliphatic hydroxyl groups excluding tert-OH is 1. The lowest BCUT2D eigenvalue weighted by atomic mass is 10.0. The van der Waals surface area contributed by atoms with Crippen LogP contribution in [0.15, 0.2) is 72.9 Å². The third-order valence-corrected chi connectivity index (χ3v) is 14.1. The van der Waals surface area contributed by atoms with Gasteiger partial charge >= 0.3 is 25.7 Å². The summed E-state index contributed by atoms with van der Waals surface area (Å²) in [7, 11) is -4.76. The molecule has 0 aliphatic rings. The molecule has 11 nitrogen and oxygen atoms in total. The number of carbonyl (C=O) groups excluding carboxylic acids is 3. The number of aliphatic hydroxyl groups is 1. The van der Waals surface area contributed by atoms with Gasteiger partial charge in [-0.25, -0.2) is 4.57 Å². The summed E-state index contributed by atoms with van der Waals surface area (Å²) in [6.45, 7) is 4.49. The maximum Gasteiger partial charge on any atom is 0.472 e. The van der Waals surface area contributed by atoms with Crippen molar-refractivity contribution in [3.05, 3.63) is 72.9 Å². The first-order valence-electron chi connectivity index (χ1n) is 30.8. The summed E-state index contributed by atoms with van der Waals surface area (Å²) in [5.74, 6) is -1.51. The Morgan fingerprint density at radius 1 is 0.382 bits per heavy atom. The average Bonchev–Trinajstić information content (AvgIpc) is 3.41. The number of ether oxygens (including phenoxy) is 3. The molecule has 0 bridgehead atoms. The second-order valence-corrected chi connectivity index (χ2v) is 21.9. The summed E-state index contributed by atoms with van der Waals surface area (Å²) >= 11 is 0. The summed E-state index contributed by atoms with van der Waals surface area (Å²) < 4.78 is 39.6. The minimum Gasteiger partial charge on any atom is -0.462 e. The standard InChI is InChI=1S/C64H113O11P/c1-4-7-10-13-16-19-22-25-28-30-33-36-39-42-45-48-51-54-63(67)74-60(56-65)58-72-76(69,70)73-59-61(57-71-62(66)53-50-47-44-41-38-35-32-27-24-21-18-15-12-9-6-3)75-64(68)55-52-49-46-43-40-37-34-31-29-26-23-20-17-14-11-8-5-2/h9,12,17-18,20-21,26-27,29,32,38,41,60-61,65H,4-8,10-11,13-16,19,22-25,28,30-31,33-37,39-40,42-59H2,1-3H3,(H,69,70)/b12-9-,20-17-,21-18-,29-26-,32-27-,41-38-. The van der Waals surface area contributed by atoms with Crippen LogP contribution in [0.4, 0.5) is 0 Å². The molecule has 0 aliphatic heterocycles. The summed E-state index contributed by atoms with van der Waals surface area (Å²) in [6.07, 6.45) is 65.7. The van der Waals surface area contributed by atoms with Crippen molar-refractivity contribution in [1.82, 2.24) is 0 Å². The monoisotopic (exact) mass is 1090 g/mol. The molecule has 76 heavy (non-hydrogen) atoms. The molecule has 0 rings (SSSR count). The van der Waals surface area contributed by atoms with Crippen molar-refractivity contribution in [2.24, 2.45) is 0 Å². The Kier molecular flexibility index (Phi) is 55.7. The normalized spacial score (nSPS) is 13.8. The van der Waals surface area contributed by atoms with Crippen molar-refractivity contribution in [2.45, 2.75) is 290 Å². The number of phosphoric ester groups is 1. The third kappa shape index (κ3) is 55.7. The van der Waals surface area contributed by atoms with Crippen molar-refractivity contribution in [2.75, 3.05) is 26.4 Å². The predicted molar refractivity (Wildman–Crippen MR) is 316 cm³/mol. The number of phosphoric acid groups is 1. The number of unbranched alkanes of at least 4 members (excludes halogenated alkanes) is 28. The average molecular weight is 1090 g/mol. The van der Waals surface area contributed by atoms with Crippen molar-refractivity contribution < 1.29 is 52.2 Å². The molecule has 0 heterocycles. The Morgan fingerprint density at radius 2 is 0.684 bits per heavy atom. The zero-order valence-corrected chi connectivity index (χ0v) is 49.6. The summed E-state index contributed by atoms with van der Waals surface area (Å²) in [6, 6.07) is 0. The topological polar surface area (TPSA) is 155 Å². The Morgan fingerprint density at radius 3 is 1.11 bits per heavy atom. The fourth-order valence-corrected chi connectivity index (χ4v) is 9.22. The lowest BCUT2D eigenvalue weighted by molar-refractivity contribution is -0.161. The number of rotatable bonds is 57. The first-order valence-corrected chi connectivity index (χ1v) is 32.3. The van der Waals surface area contributed by atoms with Crippen LogP contribution >= 0.6 is 7.82 Å². The largest absolute Gasteiger partial charge is 0.472 e. The van der Waals surface area contributed by atoms with Gasteiger partial charge in [0.2, 0.25) is 0 Å². The number of esters is 3. The summed E-state index contributed by atoms with van der Waals surface area (Å²) in [5, 5.41) is 9.84. The summed E-state index contributed by atoms with van der Waals surface area (Å²) in [5.41, 5.74) is 0. The highest BCUT2D eigenvalue weighted by Crippen LogP contribution is 2.43. The number of allylic oxidation sites excluding steroid dienone is 12. The van der Waals surface area contributed by atoms with Gasteiger partial charge in [-0.15, -0.1) is 0 Å². The van der Waals surface area contributed by atoms with E-state index in [4.69, 9.17) is 23.3 Å². The van der Waals surface area contributed by atoms with Crippen molar-refractivity contribution in [3.8, 4) is 0 Å². The molecule has 3 atom stereocenters. The highest BCUT2D eigenvalue weighted by atomic mass is 31.2. The molecule has 0 spiro atoms. The van der Waals surface area contributed by atoms with Crippen LogP contribution in [0.1, 0.15) is 278 Å². The van der Waals surface area contributed by atoms with Gasteiger partial charge < -0.3 is 24.2 Å². The van der Waals surface area contributed by atoms with Gasteiger partial charge in [0, 0.05) is 19.3 Å². The smallest absolute Gasteiger partial charge is 0.462 e. The van der Waals surface area contributed by atoms with E-state index in [1.54, 1.807) is 0 Å². The second kappa shape index (κ2) is 58.1. The molecule has 0 aromatic carbocycles.